The second-order valence-corrected chi connectivity index (χ2v) is 5.12. The van der Waals surface area contributed by atoms with Crippen LogP contribution in [0.15, 0.2) is 28.7 Å². The summed E-state index contributed by atoms with van der Waals surface area (Å²) in [5.74, 6) is -1.04. The fourth-order valence-corrected chi connectivity index (χ4v) is 2.12. The Labute approximate surface area is 127 Å². The lowest BCUT2D eigenvalue weighted by molar-refractivity contribution is -0.146. The first kappa shape index (κ1) is 16.7. The monoisotopic (exact) mass is 342 g/mol. The molecule has 0 heterocycles. The van der Waals surface area contributed by atoms with E-state index >= 15 is 0 Å². The summed E-state index contributed by atoms with van der Waals surface area (Å²) in [4.78, 5) is 23.4. The quantitative estimate of drug-likeness (QED) is 0.712. The molecular weight excluding hydrogens is 324 g/mol. The predicted octanol–water partition coefficient (Wildman–Crippen LogP) is 3.44. The molecule has 0 bridgehead atoms. The summed E-state index contributed by atoms with van der Waals surface area (Å²) in [6.45, 7) is 4.20. The topological polar surface area (TPSA) is 52.6 Å². The molecule has 1 aromatic rings. The SMILES string of the molecule is CCOC(=O)CCC(C(=O)OCC)c1ccc(Br)cc1. The second-order valence-electron chi connectivity index (χ2n) is 4.20. The van der Waals surface area contributed by atoms with Gasteiger partial charge in [0.1, 0.15) is 0 Å². The maximum Gasteiger partial charge on any atom is 0.313 e. The molecule has 0 saturated carbocycles. The number of esters is 2. The zero-order chi connectivity index (χ0) is 15.0. The summed E-state index contributed by atoms with van der Waals surface area (Å²) in [5.41, 5.74) is 0.843. The first-order chi connectivity index (χ1) is 9.58. The molecule has 1 atom stereocenters. The van der Waals surface area contributed by atoms with Gasteiger partial charge in [0.25, 0.3) is 0 Å². The lowest BCUT2D eigenvalue weighted by Gasteiger charge is -2.15. The van der Waals surface area contributed by atoms with E-state index in [1.54, 1.807) is 13.8 Å². The summed E-state index contributed by atoms with van der Waals surface area (Å²) in [7, 11) is 0. The van der Waals surface area contributed by atoms with Crippen LogP contribution >= 0.6 is 15.9 Å². The highest BCUT2D eigenvalue weighted by atomic mass is 79.9. The third-order valence-electron chi connectivity index (χ3n) is 2.79. The van der Waals surface area contributed by atoms with Crippen LogP contribution in [0.4, 0.5) is 0 Å². The van der Waals surface area contributed by atoms with Crippen LogP contribution in [0.2, 0.25) is 0 Å². The van der Waals surface area contributed by atoms with Crippen LogP contribution in [-0.2, 0) is 19.1 Å². The van der Waals surface area contributed by atoms with Crippen LogP contribution in [0.25, 0.3) is 0 Å². The van der Waals surface area contributed by atoms with Crippen molar-refractivity contribution < 1.29 is 19.1 Å². The number of benzene rings is 1. The molecule has 1 unspecified atom stereocenters. The Morgan fingerprint density at radius 2 is 1.70 bits per heavy atom. The highest BCUT2D eigenvalue weighted by Gasteiger charge is 2.23. The smallest absolute Gasteiger partial charge is 0.313 e. The average molecular weight is 343 g/mol. The summed E-state index contributed by atoms with van der Waals surface area (Å²) >= 11 is 3.35. The van der Waals surface area contributed by atoms with E-state index in [9.17, 15) is 9.59 Å². The van der Waals surface area contributed by atoms with Crippen LogP contribution in [0.1, 0.15) is 38.2 Å². The van der Waals surface area contributed by atoms with Crippen LogP contribution in [0.5, 0.6) is 0 Å². The van der Waals surface area contributed by atoms with Crippen molar-refractivity contribution in [1.82, 2.24) is 0 Å². The van der Waals surface area contributed by atoms with Crippen molar-refractivity contribution in [2.24, 2.45) is 0 Å². The maximum absolute atomic E-state index is 12.0. The van der Waals surface area contributed by atoms with Crippen molar-refractivity contribution in [2.75, 3.05) is 13.2 Å². The molecule has 0 radical (unpaired) electrons. The molecule has 0 saturated heterocycles. The molecule has 0 aliphatic carbocycles. The molecule has 0 fully saturated rings. The van der Waals surface area contributed by atoms with E-state index in [2.05, 4.69) is 15.9 Å². The molecule has 20 heavy (non-hydrogen) atoms. The van der Waals surface area contributed by atoms with Gasteiger partial charge < -0.3 is 9.47 Å². The third kappa shape index (κ3) is 5.33. The van der Waals surface area contributed by atoms with Gasteiger partial charge in [-0.1, -0.05) is 28.1 Å². The van der Waals surface area contributed by atoms with E-state index in [0.29, 0.717) is 19.6 Å². The van der Waals surface area contributed by atoms with Gasteiger partial charge in [-0.3, -0.25) is 9.59 Å². The Hall–Kier alpha value is -1.36. The first-order valence-corrected chi connectivity index (χ1v) is 7.45. The second kappa shape index (κ2) is 8.74. The number of ether oxygens (including phenoxy) is 2. The van der Waals surface area contributed by atoms with Crippen LogP contribution in [0, 0.1) is 0 Å². The lowest BCUT2D eigenvalue weighted by atomic mass is 9.94. The van der Waals surface area contributed by atoms with Gasteiger partial charge in [0.05, 0.1) is 19.1 Å². The lowest BCUT2D eigenvalue weighted by Crippen LogP contribution is -2.18. The summed E-state index contributed by atoms with van der Waals surface area (Å²) < 4.78 is 10.9. The summed E-state index contributed by atoms with van der Waals surface area (Å²) in [6, 6.07) is 7.45. The Kier molecular flexibility index (Phi) is 7.30. The maximum atomic E-state index is 12.0. The number of rotatable bonds is 7. The van der Waals surface area contributed by atoms with Crippen molar-refractivity contribution in [3.63, 3.8) is 0 Å². The van der Waals surface area contributed by atoms with E-state index in [4.69, 9.17) is 9.47 Å². The highest BCUT2D eigenvalue weighted by molar-refractivity contribution is 9.10. The van der Waals surface area contributed by atoms with Gasteiger partial charge in [-0.05, 0) is 38.0 Å². The molecule has 0 aromatic heterocycles. The predicted molar refractivity (Wildman–Crippen MR) is 79.4 cm³/mol. The molecule has 110 valence electrons. The molecule has 0 aliphatic heterocycles. The number of carbonyl (C=O) groups excluding carboxylic acids is 2. The molecule has 0 aliphatic rings. The summed E-state index contributed by atoms with van der Waals surface area (Å²) in [6.07, 6.45) is 0.590. The van der Waals surface area contributed by atoms with E-state index < -0.39 is 5.92 Å². The minimum Gasteiger partial charge on any atom is -0.466 e. The van der Waals surface area contributed by atoms with Gasteiger partial charge in [-0.2, -0.15) is 0 Å². The minimum absolute atomic E-state index is 0.202. The Bertz CT molecular complexity index is 442. The van der Waals surface area contributed by atoms with E-state index in [1.807, 2.05) is 24.3 Å². The number of hydrogen-bond acceptors (Lipinski definition) is 4. The molecule has 4 nitrogen and oxygen atoms in total. The minimum atomic E-state index is -0.438. The number of carbonyl (C=O) groups is 2. The van der Waals surface area contributed by atoms with E-state index in [0.717, 1.165) is 10.0 Å². The molecule has 1 rings (SSSR count). The zero-order valence-electron chi connectivity index (χ0n) is 11.7. The third-order valence-corrected chi connectivity index (χ3v) is 3.31. The molecule has 0 amide bonds. The van der Waals surface area contributed by atoms with Gasteiger partial charge in [0.2, 0.25) is 0 Å². The number of halogens is 1. The van der Waals surface area contributed by atoms with Gasteiger partial charge in [-0.15, -0.1) is 0 Å². The highest BCUT2D eigenvalue weighted by Crippen LogP contribution is 2.25. The average Bonchev–Trinajstić information content (AvgIpc) is 2.41. The fourth-order valence-electron chi connectivity index (χ4n) is 1.85. The van der Waals surface area contributed by atoms with E-state index in [1.165, 1.54) is 0 Å². The molecule has 0 spiro atoms. The zero-order valence-corrected chi connectivity index (χ0v) is 13.3. The van der Waals surface area contributed by atoms with Crippen LogP contribution in [-0.4, -0.2) is 25.2 Å². The fraction of sp³-hybridized carbons (Fsp3) is 0.467. The standard InChI is InChI=1S/C15H19BrO4/c1-3-19-14(17)10-9-13(15(18)20-4-2)11-5-7-12(16)8-6-11/h5-8,13H,3-4,9-10H2,1-2H3. The van der Waals surface area contributed by atoms with Gasteiger partial charge >= 0.3 is 11.9 Å². The van der Waals surface area contributed by atoms with Crippen molar-refractivity contribution in [3.05, 3.63) is 34.3 Å². The summed E-state index contributed by atoms with van der Waals surface area (Å²) in [5, 5.41) is 0. The number of hydrogen-bond donors (Lipinski definition) is 0. The van der Waals surface area contributed by atoms with Crippen molar-refractivity contribution in [3.8, 4) is 0 Å². The molecular formula is C15H19BrO4. The van der Waals surface area contributed by atoms with Gasteiger partial charge in [0.15, 0.2) is 0 Å². The molecule has 1 aromatic carbocycles. The normalized spacial score (nSPS) is 11.8. The van der Waals surface area contributed by atoms with Crippen LogP contribution < -0.4 is 0 Å². The Balaban J connectivity index is 2.77. The first-order valence-electron chi connectivity index (χ1n) is 6.66. The van der Waals surface area contributed by atoms with Gasteiger partial charge in [-0.25, -0.2) is 0 Å². The van der Waals surface area contributed by atoms with Crippen LogP contribution in [0.3, 0.4) is 0 Å². The Morgan fingerprint density at radius 3 is 2.25 bits per heavy atom. The molecule has 0 N–H and O–H groups in total. The van der Waals surface area contributed by atoms with Crippen molar-refractivity contribution >= 4 is 27.9 Å². The Morgan fingerprint density at radius 1 is 1.10 bits per heavy atom. The van der Waals surface area contributed by atoms with Crippen molar-refractivity contribution in [2.45, 2.75) is 32.6 Å². The largest absolute Gasteiger partial charge is 0.466 e. The van der Waals surface area contributed by atoms with E-state index in [-0.39, 0.29) is 18.4 Å². The molecule has 5 heteroatoms. The van der Waals surface area contributed by atoms with Crippen molar-refractivity contribution in [1.29, 1.82) is 0 Å². The van der Waals surface area contributed by atoms with Gasteiger partial charge in [0, 0.05) is 10.9 Å².